The number of ether oxygens (including phenoxy) is 1. The Labute approximate surface area is 205 Å². The van der Waals surface area contributed by atoms with E-state index in [1.54, 1.807) is 30.3 Å². The second kappa shape index (κ2) is 9.16. The molecule has 0 saturated carbocycles. The maximum atomic E-state index is 12.7. The van der Waals surface area contributed by atoms with Gasteiger partial charge in [0, 0.05) is 26.7 Å². The van der Waals surface area contributed by atoms with E-state index in [1.165, 1.54) is 5.56 Å². The number of benzene rings is 3. The van der Waals surface area contributed by atoms with Crippen LogP contribution in [0.5, 0.6) is 0 Å². The number of hydrogen-bond acceptors (Lipinski definition) is 4. The Balaban J connectivity index is 1.33. The van der Waals surface area contributed by atoms with Crippen molar-refractivity contribution >= 4 is 45.0 Å². The van der Waals surface area contributed by atoms with Crippen LogP contribution < -0.4 is 5.32 Å². The molecule has 0 spiro atoms. The average molecular weight is 523 g/mol. The van der Waals surface area contributed by atoms with Gasteiger partial charge in [0.1, 0.15) is 0 Å². The Morgan fingerprint density at radius 1 is 1.00 bits per heavy atom. The molecule has 1 aliphatic heterocycles. The first-order chi connectivity index (χ1) is 16.0. The fourth-order valence-corrected chi connectivity index (χ4v) is 5.05. The van der Waals surface area contributed by atoms with Crippen molar-refractivity contribution in [2.24, 2.45) is 5.92 Å². The summed E-state index contributed by atoms with van der Waals surface area (Å²) in [6.45, 7) is -0.291. The third-order valence-corrected chi connectivity index (χ3v) is 7.11. The van der Waals surface area contributed by atoms with Crippen molar-refractivity contribution in [3.63, 3.8) is 0 Å². The Kier molecular flexibility index (Phi) is 6.09. The molecule has 166 valence electrons. The lowest BCUT2D eigenvalue weighted by Gasteiger charge is -2.37. The summed E-state index contributed by atoms with van der Waals surface area (Å²) in [5.41, 5.74) is 4.23. The topological polar surface area (TPSA) is 55.4 Å². The van der Waals surface area contributed by atoms with E-state index in [1.807, 2.05) is 24.3 Å². The minimum absolute atomic E-state index is 0.163. The summed E-state index contributed by atoms with van der Waals surface area (Å²) >= 11 is 9.42. The van der Waals surface area contributed by atoms with E-state index in [4.69, 9.17) is 16.3 Å². The Hall–Kier alpha value is -2.89. The Morgan fingerprint density at radius 2 is 1.73 bits per heavy atom. The summed E-state index contributed by atoms with van der Waals surface area (Å²) in [6, 6.07) is 20.7. The maximum Gasteiger partial charge on any atom is 0.338 e. The van der Waals surface area contributed by atoms with Crippen LogP contribution in [0.1, 0.15) is 50.2 Å². The molecule has 1 aliphatic carbocycles. The van der Waals surface area contributed by atoms with Crippen LogP contribution in [0.3, 0.4) is 0 Å². The van der Waals surface area contributed by atoms with E-state index in [9.17, 15) is 9.59 Å². The lowest BCUT2D eigenvalue weighted by molar-refractivity contribution is 0.0474. The first-order valence-corrected chi connectivity index (χ1v) is 12.0. The zero-order valence-electron chi connectivity index (χ0n) is 17.6. The molecule has 0 unspecified atom stereocenters. The lowest BCUT2D eigenvalue weighted by Crippen LogP contribution is -2.29. The molecular weight excluding hydrogens is 502 g/mol. The molecule has 1 N–H and O–H groups in total. The van der Waals surface area contributed by atoms with Gasteiger partial charge < -0.3 is 10.1 Å². The van der Waals surface area contributed by atoms with Crippen molar-refractivity contribution in [1.82, 2.24) is 0 Å². The fourth-order valence-electron chi connectivity index (χ4n) is 4.66. The summed E-state index contributed by atoms with van der Waals surface area (Å²) in [4.78, 5) is 25.0. The number of allylic oxidation sites excluding steroid dienone is 2. The third kappa shape index (κ3) is 4.48. The molecule has 3 atom stereocenters. The zero-order valence-corrected chi connectivity index (χ0v) is 20.0. The molecule has 1 heterocycles. The van der Waals surface area contributed by atoms with Gasteiger partial charge in [-0.05, 0) is 65.9 Å². The van der Waals surface area contributed by atoms with Crippen LogP contribution in [-0.2, 0) is 4.74 Å². The van der Waals surface area contributed by atoms with Crippen molar-refractivity contribution in [2.45, 2.75) is 18.4 Å². The van der Waals surface area contributed by atoms with Gasteiger partial charge in [0.25, 0.3) is 0 Å². The summed E-state index contributed by atoms with van der Waals surface area (Å²) in [7, 11) is 0. The molecule has 0 fully saturated rings. The van der Waals surface area contributed by atoms with E-state index in [-0.39, 0.29) is 24.3 Å². The van der Waals surface area contributed by atoms with E-state index in [0.717, 1.165) is 27.2 Å². The highest BCUT2D eigenvalue weighted by Crippen LogP contribution is 2.50. The highest BCUT2D eigenvalue weighted by atomic mass is 79.9. The number of carbonyl (C=O) groups is 2. The fraction of sp³-hybridized carbons (Fsp3) is 0.185. The number of hydrogen-bond donors (Lipinski definition) is 1. The number of nitrogens with one attached hydrogen (secondary N) is 1. The molecule has 0 saturated heterocycles. The number of ketones is 1. The van der Waals surface area contributed by atoms with Gasteiger partial charge in [0.15, 0.2) is 12.4 Å². The van der Waals surface area contributed by atoms with E-state index >= 15 is 0 Å². The van der Waals surface area contributed by atoms with E-state index < -0.39 is 5.97 Å². The zero-order chi connectivity index (χ0) is 22.9. The standard InChI is InChI=1S/C27H21BrClNO3/c28-19-9-4-16(5-10-19)25(31)15-33-27(32)18-8-13-24-23(14-18)21-2-1-3-22(21)26(30-24)17-6-11-20(29)12-7-17/h1-2,4-14,21-22,26,30H,3,15H2/t21-,22-,26-/m1/s1. The first kappa shape index (κ1) is 21.9. The molecule has 0 radical (unpaired) electrons. The number of halogens is 2. The summed E-state index contributed by atoms with van der Waals surface area (Å²) in [6.07, 6.45) is 5.39. The van der Waals surface area contributed by atoms with Gasteiger partial charge in [0.05, 0.1) is 11.6 Å². The Bertz CT molecular complexity index is 1240. The largest absolute Gasteiger partial charge is 0.454 e. The molecule has 3 aromatic rings. The minimum atomic E-state index is -0.499. The van der Waals surface area contributed by atoms with Crippen LogP contribution in [0.25, 0.3) is 0 Å². The molecule has 33 heavy (non-hydrogen) atoms. The Morgan fingerprint density at radius 3 is 2.48 bits per heavy atom. The quantitative estimate of drug-likeness (QED) is 0.223. The van der Waals surface area contributed by atoms with Crippen LogP contribution in [0.4, 0.5) is 5.69 Å². The van der Waals surface area contributed by atoms with Gasteiger partial charge in [0.2, 0.25) is 0 Å². The number of rotatable bonds is 5. The van der Waals surface area contributed by atoms with Crippen molar-refractivity contribution in [2.75, 3.05) is 11.9 Å². The highest BCUT2D eigenvalue weighted by molar-refractivity contribution is 9.10. The summed E-state index contributed by atoms with van der Waals surface area (Å²) in [5.74, 6) is -0.176. The molecule has 6 heteroatoms. The van der Waals surface area contributed by atoms with Gasteiger partial charge in [-0.15, -0.1) is 0 Å². The molecule has 0 aromatic heterocycles. The van der Waals surface area contributed by atoms with E-state index in [2.05, 4.69) is 45.5 Å². The maximum absolute atomic E-state index is 12.7. The molecule has 0 bridgehead atoms. The number of Topliss-reactive ketones (excluding diaryl/α,β-unsaturated/α-hetero) is 1. The summed E-state index contributed by atoms with van der Waals surface area (Å²) < 4.78 is 6.21. The van der Waals surface area contributed by atoms with Crippen LogP contribution in [0.15, 0.2) is 83.4 Å². The van der Waals surface area contributed by atoms with Gasteiger partial charge >= 0.3 is 5.97 Å². The second-order valence-corrected chi connectivity index (χ2v) is 9.69. The second-order valence-electron chi connectivity index (χ2n) is 8.34. The first-order valence-electron chi connectivity index (χ1n) is 10.8. The summed E-state index contributed by atoms with van der Waals surface area (Å²) in [5, 5.41) is 4.37. The van der Waals surface area contributed by atoms with Crippen LogP contribution in [0.2, 0.25) is 5.02 Å². The molecule has 3 aromatic carbocycles. The number of anilines is 1. The normalized spacial score (nSPS) is 20.5. The molecule has 4 nitrogen and oxygen atoms in total. The molecule has 0 amide bonds. The van der Waals surface area contributed by atoms with Crippen molar-refractivity contribution in [1.29, 1.82) is 0 Å². The van der Waals surface area contributed by atoms with Crippen LogP contribution in [-0.4, -0.2) is 18.4 Å². The van der Waals surface area contributed by atoms with Crippen molar-refractivity contribution in [3.8, 4) is 0 Å². The smallest absolute Gasteiger partial charge is 0.338 e. The number of fused-ring (bicyclic) bond motifs is 3. The minimum Gasteiger partial charge on any atom is -0.454 e. The lowest BCUT2D eigenvalue weighted by atomic mass is 9.76. The molecule has 5 rings (SSSR count). The monoisotopic (exact) mass is 521 g/mol. The highest BCUT2D eigenvalue weighted by Gasteiger charge is 2.38. The predicted molar refractivity (Wildman–Crippen MR) is 133 cm³/mol. The third-order valence-electron chi connectivity index (χ3n) is 6.33. The average Bonchev–Trinajstić information content (AvgIpc) is 3.33. The number of carbonyl (C=O) groups excluding carboxylic acids is 2. The van der Waals surface area contributed by atoms with Gasteiger partial charge in [-0.3, -0.25) is 4.79 Å². The van der Waals surface area contributed by atoms with E-state index in [0.29, 0.717) is 17.0 Å². The van der Waals surface area contributed by atoms with Gasteiger partial charge in [-0.25, -0.2) is 4.79 Å². The van der Waals surface area contributed by atoms with Crippen molar-refractivity contribution in [3.05, 3.63) is 111 Å². The van der Waals surface area contributed by atoms with Crippen LogP contribution in [0, 0.1) is 5.92 Å². The SMILES string of the molecule is O=C(COC(=O)c1ccc2c(c1)[C@@H]1C=CC[C@H]1[C@@H](c1ccc(Cl)cc1)N2)c1ccc(Br)cc1. The molecular formula is C27H21BrClNO3. The van der Waals surface area contributed by atoms with Crippen LogP contribution >= 0.6 is 27.5 Å². The number of esters is 1. The molecule has 2 aliphatic rings. The van der Waals surface area contributed by atoms with Gasteiger partial charge in [-0.2, -0.15) is 0 Å². The predicted octanol–water partition coefficient (Wildman–Crippen LogP) is 6.97. The van der Waals surface area contributed by atoms with Gasteiger partial charge in [-0.1, -0.05) is 63.9 Å². The van der Waals surface area contributed by atoms with Crippen molar-refractivity contribution < 1.29 is 14.3 Å².